The Kier molecular flexibility index (Phi) is 7.31. The Morgan fingerprint density at radius 1 is 1.30 bits per heavy atom. The maximum absolute atomic E-state index is 12.5. The van der Waals surface area contributed by atoms with Crippen LogP contribution in [0.5, 0.6) is 0 Å². The van der Waals surface area contributed by atoms with Gasteiger partial charge >= 0.3 is 0 Å². The molecule has 0 aromatic heterocycles. The van der Waals surface area contributed by atoms with Gasteiger partial charge in [0.25, 0.3) is 0 Å². The quantitative estimate of drug-likeness (QED) is 0.808. The highest BCUT2D eigenvalue weighted by molar-refractivity contribution is 5.80. The Balaban J connectivity index is 1.77. The molecule has 2 rings (SSSR count). The maximum atomic E-state index is 12.5. The van der Waals surface area contributed by atoms with Gasteiger partial charge in [-0.2, -0.15) is 0 Å². The largest absolute Gasteiger partial charge is 0.365 e. The Hall–Kier alpha value is -0.650. The van der Waals surface area contributed by atoms with Gasteiger partial charge in [-0.05, 0) is 39.3 Å². The molecule has 0 unspecified atom stereocenters. The van der Waals surface area contributed by atoms with Gasteiger partial charge in [0.15, 0.2) is 0 Å². The normalized spacial score (nSPS) is 31.7. The van der Waals surface area contributed by atoms with Gasteiger partial charge in [0.05, 0.1) is 6.10 Å². The number of carbonyl (C=O) groups is 1. The van der Waals surface area contributed by atoms with Gasteiger partial charge in [0.2, 0.25) is 5.91 Å². The number of nitrogens with zero attached hydrogens (tertiary/aromatic N) is 2. The van der Waals surface area contributed by atoms with E-state index in [1.54, 1.807) is 0 Å². The second kappa shape index (κ2) is 9.00. The van der Waals surface area contributed by atoms with E-state index in [-0.39, 0.29) is 18.1 Å². The van der Waals surface area contributed by atoms with Gasteiger partial charge in [-0.1, -0.05) is 26.7 Å². The van der Waals surface area contributed by atoms with Gasteiger partial charge in [0.1, 0.15) is 6.10 Å². The first-order chi connectivity index (χ1) is 11.0. The van der Waals surface area contributed by atoms with Crippen LogP contribution >= 0.6 is 0 Å². The molecule has 1 aliphatic carbocycles. The lowest BCUT2D eigenvalue weighted by Gasteiger charge is -2.38. The summed E-state index contributed by atoms with van der Waals surface area (Å²) in [6, 6.07) is 0.393. The third kappa shape index (κ3) is 5.73. The molecule has 23 heavy (non-hydrogen) atoms. The van der Waals surface area contributed by atoms with Gasteiger partial charge < -0.3 is 15.0 Å². The van der Waals surface area contributed by atoms with E-state index < -0.39 is 0 Å². The summed E-state index contributed by atoms with van der Waals surface area (Å²) in [4.78, 5) is 17.2. The smallest absolute Gasteiger partial charge is 0.249 e. The topological polar surface area (TPSA) is 44.8 Å². The highest BCUT2D eigenvalue weighted by Crippen LogP contribution is 2.27. The summed E-state index contributed by atoms with van der Waals surface area (Å²) in [5.41, 5.74) is 0. The summed E-state index contributed by atoms with van der Waals surface area (Å²) in [7, 11) is 4.28. The molecule has 0 aromatic carbocycles. The second-order valence-electron chi connectivity index (χ2n) is 7.57. The molecule has 1 amide bonds. The number of ether oxygens (including phenoxy) is 1. The summed E-state index contributed by atoms with van der Waals surface area (Å²) in [6.45, 7) is 8.20. The van der Waals surface area contributed by atoms with E-state index in [1.165, 1.54) is 12.8 Å². The van der Waals surface area contributed by atoms with Crippen molar-refractivity contribution in [3.63, 3.8) is 0 Å². The number of carbonyl (C=O) groups excluding carboxylic acids is 1. The zero-order valence-corrected chi connectivity index (χ0v) is 15.4. The summed E-state index contributed by atoms with van der Waals surface area (Å²) in [6.07, 6.45) is 5.43. The second-order valence-corrected chi connectivity index (χ2v) is 7.57. The first-order valence-electron chi connectivity index (χ1n) is 9.31. The number of piperazine rings is 1. The molecule has 1 aliphatic heterocycles. The van der Waals surface area contributed by atoms with Crippen molar-refractivity contribution in [2.45, 2.75) is 64.2 Å². The molecular weight excluding hydrogens is 290 g/mol. The van der Waals surface area contributed by atoms with Crippen LogP contribution in [0.1, 0.15) is 46.0 Å². The molecule has 0 radical (unpaired) electrons. The predicted octanol–water partition coefficient (Wildman–Crippen LogP) is 1.72. The van der Waals surface area contributed by atoms with Crippen LogP contribution in [0.4, 0.5) is 0 Å². The molecule has 5 heteroatoms. The van der Waals surface area contributed by atoms with Gasteiger partial charge in [-0.25, -0.2) is 0 Å². The van der Waals surface area contributed by atoms with Crippen molar-refractivity contribution in [3.05, 3.63) is 0 Å². The molecule has 1 heterocycles. The average Bonchev–Trinajstić information content (AvgIpc) is 2.53. The van der Waals surface area contributed by atoms with E-state index in [2.05, 4.69) is 36.1 Å². The first-order valence-corrected chi connectivity index (χ1v) is 9.31. The van der Waals surface area contributed by atoms with Crippen LogP contribution in [0.15, 0.2) is 0 Å². The fourth-order valence-corrected chi connectivity index (χ4v) is 3.73. The zero-order valence-electron chi connectivity index (χ0n) is 15.4. The Morgan fingerprint density at radius 3 is 2.78 bits per heavy atom. The highest BCUT2D eigenvalue weighted by atomic mass is 16.5. The molecule has 2 fully saturated rings. The predicted molar refractivity (Wildman–Crippen MR) is 93.5 cm³/mol. The molecule has 0 aromatic rings. The monoisotopic (exact) mass is 325 g/mol. The lowest BCUT2D eigenvalue weighted by molar-refractivity contribution is -0.139. The van der Waals surface area contributed by atoms with Crippen LogP contribution in [0.25, 0.3) is 0 Å². The zero-order chi connectivity index (χ0) is 16.8. The summed E-state index contributed by atoms with van der Waals surface area (Å²) < 4.78 is 6.12. The fraction of sp³-hybridized carbons (Fsp3) is 0.944. The SMILES string of the molecule is CC[C@H](O[C@@H]1CCC[C@H](C)C1)C(=O)NC[C@@H]1CN(C)CCN1C. The van der Waals surface area contributed by atoms with E-state index in [1.807, 2.05) is 6.92 Å². The molecule has 1 saturated carbocycles. The Bertz CT molecular complexity index is 377. The van der Waals surface area contributed by atoms with Crippen molar-refractivity contribution in [3.8, 4) is 0 Å². The number of rotatable bonds is 6. The van der Waals surface area contributed by atoms with Crippen molar-refractivity contribution in [2.75, 3.05) is 40.3 Å². The van der Waals surface area contributed by atoms with Crippen molar-refractivity contribution >= 4 is 5.91 Å². The van der Waals surface area contributed by atoms with Gasteiger partial charge in [0, 0.05) is 32.2 Å². The minimum Gasteiger partial charge on any atom is -0.365 e. The number of hydrogen-bond donors (Lipinski definition) is 1. The minimum absolute atomic E-state index is 0.0624. The van der Waals surface area contributed by atoms with Crippen molar-refractivity contribution < 1.29 is 9.53 Å². The number of amides is 1. The molecule has 5 nitrogen and oxygen atoms in total. The van der Waals surface area contributed by atoms with Crippen molar-refractivity contribution in [1.29, 1.82) is 0 Å². The van der Waals surface area contributed by atoms with Crippen LogP contribution in [0, 0.1) is 5.92 Å². The third-order valence-electron chi connectivity index (χ3n) is 5.40. The number of nitrogens with one attached hydrogen (secondary N) is 1. The molecule has 1 N–H and O–H groups in total. The van der Waals surface area contributed by atoms with Crippen LogP contribution < -0.4 is 5.32 Å². The van der Waals surface area contributed by atoms with Crippen LogP contribution in [0.2, 0.25) is 0 Å². The van der Waals surface area contributed by atoms with Crippen LogP contribution in [-0.2, 0) is 9.53 Å². The van der Waals surface area contributed by atoms with E-state index in [0.29, 0.717) is 12.6 Å². The lowest BCUT2D eigenvalue weighted by Crippen LogP contribution is -2.55. The van der Waals surface area contributed by atoms with E-state index >= 15 is 0 Å². The number of hydrogen-bond acceptors (Lipinski definition) is 4. The fourth-order valence-electron chi connectivity index (χ4n) is 3.73. The van der Waals surface area contributed by atoms with E-state index in [9.17, 15) is 4.79 Å². The first kappa shape index (κ1) is 18.7. The highest BCUT2D eigenvalue weighted by Gasteiger charge is 2.27. The number of likely N-dealkylation sites (N-methyl/N-ethyl adjacent to an activating group) is 2. The molecule has 2 aliphatic rings. The molecule has 0 bridgehead atoms. The van der Waals surface area contributed by atoms with Crippen molar-refractivity contribution in [2.24, 2.45) is 5.92 Å². The summed E-state index contributed by atoms with van der Waals surface area (Å²) in [5.74, 6) is 0.785. The molecule has 134 valence electrons. The lowest BCUT2D eigenvalue weighted by atomic mass is 9.88. The molecular formula is C18H35N3O2. The van der Waals surface area contributed by atoms with Crippen LogP contribution in [-0.4, -0.2) is 74.2 Å². The molecule has 4 atom stereocenters. The minimum atomic E-state index is -0.295. The van der Waals surface area contributed by atoms with Crippen LogP contribution in [0.3, 0.4) is 0 Å². The Morgan fingerprint density at radius 2 is 2.09 bits per heavy atom. The summed E-state index contributed by atoms with van der Waals surface area (Å²) in [5, 5.41) is 3.12. The average molecular weight is 325 g/mol. The van der Waals surface area contributed by atoms with Gasteiger partial charge in [-0.3, -0.25) is 9.69 Å². The van der Waals surface area contributed by atoms with E-state index in [4.69, 9.17) is 4.74 Å². The maximum Gasteiger partial charge on any atom is 0.249 e. The summed E-state index contributed by atoms with van der Waals surface area (Å²) >= 11 is 0. The Labute approximate surface area is 141 Å². The molecule has 1 saturated heterocycles. The standard InChI is InChI=1S/C18H35N3O2/c1-5-17(23-16-8-6-7-14(2)11-16)18(22)19-12-15-13-20(3)9-10-21(15)4/h14-17H,5-13H2,1-4H3,(H,19,22)/t14-,15+,16+,17-/m0/s1. The third-order valence-corrected chi connectivity index (χ3v) is 5.40. The van der Waals surface area contributed by atoms with Crippen molar-refractivity contribution in [1.82, 2.24) is 15.1 Å². The van der Waals surface area contributed by atoms with Gasteiger partial charge in [-0.15, -0.1) is 0 Å². The van der Waals surface area contributed by atoms with E-state index in [0.717, 1.165) is 44.8 Å². The molecule has 0 spiro atoms.